The number of aromatic carboxylic acids is 1. The van der Waals surface area contributed by atoms with Crippen LogP contribution in [0.3, 0.4) is 0 Å². The monoisotopic (exact) mass is 663 g/mol. The lowest BCUT2D eigenvalue weighted by atomic mass is 9.32. The van der Waals surface area contributed by atoms with Crippen molar-refractivity contribution in [3.8, 4) is 0 Å². The molecule has 0 bridgehead atoms. The van der Waals surface area contributed by atoms with Crippen LogP contribution in [0.25, 0.3) is 5.57 Å². The van der Waals surface area contributed by atoms with Gasteiger partial charge < -0.3 is 10.4 Å². The average molecular weight is 665 g/mol. The molecule has 1 aromatic rings. The zero-order valence-corrected chi connectivity index (χ0v) is 30.0. The van der Waals surface area contributed by atoms with Crippen molar-refractivity contribution in [3.05, 3.63) is 53.6 Å². The summed E-state index contributed by atoms with van der Waals surface area (Å²) in [5.41, 5.74) is 5.92. The van der Waals surface area contributed by atoms with Crippen LogP contribution in [0.4, 0.5) is 0 Å². The molecular weight excluding hydrogens is 606 g/mol. The quantitative estimate of drug-likeness (QED) is 0.165. The molecule has 0 saturated heterocycles. The maximum absolute atomic E-state index is 11.5. The van der Waals surface area contributed by atoms with Crippen LogP contribution in [0.15, 0.2) is 42.5 Å². The normalized spacial score (nSPS) is 42.3. The van der Waals surface area contributed by atoms with Gasteiger partial charge in [-0.2, -0.15) is 0 Å². The molecule has 4 fully saturated rings. The molecule has 0 aliphatic heterocycles. The van der Waals surface area contributed by atoms with Crippen LogP contribution in [-0.2, 0) is 0 Å². The summed E-state index contributed by atoms with van der Waals surface area (Å²) in [4.78, 5) is 11.5. The highest BCUT2D eigenvalue weighted by atomic mass is 79.9. The van der Waals surface area contributed by atoms with Gasteiger partial charge in [0.1, 0.15) is 0 Å². The maximum Gasteiger partial charge on any atom is 0.335 e. The van der Waals surface area contributed by atoms with E-state index in [2.05, 4.69) is 75.4 Å². The van der Waals surface area contributed by atoms with E-state index in [1.54, 1.807) is 12.1 Å². The second-order valence-electron chi connectivity index (χ2n) is 17.2. The van der Waals surface area contributed by atoms with Gasteiger partial charge in [0.15, 0.2) is 0 Å². The van der Waals surface area contributed by atoms with Crippen LogP contribution in [0.1, 0.15) is 122 Å². The molecule has 0 spiro atoms. The fourth-order valence-electron chi connectivity index (χ4n) is 13.0. The molecule has 242 valence electrons. The number of rotatable bonds is 8. The van der Waals surface area contributed by atoms with Crippen LogP contribution < -0.4 is 5.32 Å². The number of fused-ring (bicyclic) bond motifs is 7. The number of benzene rings is 1. The third kappa shape index (κ3) is 4.69. The number of hydrogen-bond acceptors (Lipinski definition) is 2. The number of carboxylic acids is 1. The predicted molar refractivity (Wildman–Crippen MR) is 187 cm³/mol. The first kappa shape index (κ1) is 32.5. The smallest absolute Gasteiger partial charge is 0.335 e. The van der Waals surface area contributed by atoms with Gasteiger partial charge in [0.25, 0.3) is 0 Å². The van der Waals surface area contributed by atoms with E-state index < -0.39 is 5.97 Å². The first-order valence-electron chi connectivity index (χ1n) is 17.7. The zero-order valence-electron chi connectivity index (χ0n) is 28.4. The van der Waals surface area contributed by atoms with Crippen molar-refractivity contribution in [2.24, 2.45) is 56.7 Å². The minimum absolute atomic E-state index is 0.0514. The lowest BCUT2D eigenvalue weighted by Crippen LogP contribution is -2.65. The van der Waals surface area contributed by atoms with E-state index in [-0.39, 0.29) is 10.8 Å². The largest absolute Gasteiger partial charge is 0.478 e. The van der Waals surface area contributed by atoms with E-state index in [9.17, 15) is 9.90 Å². The highest BCUT2D eigenvalue weighted by molar-refractivity contribution is 9.09. The van der Waals surface area contributed by atoms with Crippen molar-refractivity contribution in [2.75, 3.05) is 18.4 Å². The fraction of sp³-hybridized carbons (Fsp3) is 0.725. The number of carboxylic acid groups (broad SMARTS) is 1. The summed E-state index contributed by atoms with van der Waals surface area (Å²) in [5.74, 6) is 2.74. The summed E-state index contributed by atoms with van der Waals surface area (Å²) in [7, 11) is 0. The molecule has 0 amide bonds. The number of carbonyl (C=O) groups is 1. The molecule has 0 unspecified atom stereocenters. The van der Waals surface area contributed by atoms with Gasteiger partial charge in [-0.25, -0.2) is 4.79 Å². The molecule has 6 rings (SSSR count). The van der Waals surface area contributed by atoms with Gasteiger partial charge in [0, 0.05) is 11.9 Å². The Balaban J connectivity index is 1.32. The van der Waals surface area contributed by atoms with Crippen molar-refractivity contribution in [3.63, 3.8) is 0 Å². The molecule has 4 saturated carbocycles. The third-order valence-corrected chi connectivity index (χ3v) is 15.8. The molecule has 5 aliphatic carbocycles. The van der Waals surface area contributed by atoms with Gasteiger partial charge in [-0.1, -0.05) is 80.9 Å². The number of nitrogens with one attached hydrogen (secondary N) is 1. The second-order valence-corrected chi connectivity index (χ2v) is 18.0. The Morgan fingerprint density at radius 1 is 0.955 bits per heavy atom. The summed E-state index contributed by atoms with van der Waals surface area (Å²) in [6, 6.07) is 7.65. The zero-order chi connectivity index (χ0) is 31.7. The molecule has 2 N–H and O–H groups in total. The number of halogens is 1. The summed E-state index contributed by atoms with van der Waals surface area (Å²) in [6.45, 7) is 22.4. The van der Waals surface area contributed by atoms with E-state index >= 15 is 0 Å². The number of alkyl halides is 1. The molecule has 5 aliphatic rings. The molecule has 9 atom stereocenters. The van der Waals surface area contributed by atoms with Crippen molar-refractivity contribution in [2.45, 2.75) is 106 Å². The van der Waals surface area contributed by atoms with Crippen LogP contribution in [0, 0.1) is 56.7 Å². The first-order valence-corrected chi connectivity index (χ1v) is 18.8. The fourth-order valence-corrected chi connectivity index (χ4v) is 13.3. The van der Waals surface area contributed by atoms with Crippen molar-refractivity contribution < 1.29 is 9.90 Å². The Labute approximate surface area is 276 Å². The van der Waals surface area contributed by atoms with Crippen molar-refractivity contribution in [1.82, 2.24) is 5.32 Å². The van der Waals surface area contributed by atoms with Crippen molar-refractivity contribution in [1.29, 1.82) is 0 Å². The van der Waals surface area contributed by atoms with E-state index in [4.69, 9.17) is 0 Å². The van der Waals surface area contributed by atoms with E-state index in [0.717, 1.165) is 36.0 Å². The van der Waals surface area contributed by atoms with Crippen LogP contribution in [0.2, 0.25) is 0 Å². The molecule has 0 heterocycles. The van der Waals surface area contributed by atoms with E-state index in [0.29, 0.717) is 33.6 Å². The molecule has 0 aromatic heterocycles. The SMILES string of the molecule is C=C(C)[C@@H]1CC[C@]2(CNCCCBr)CC[C@]3(C)[C@H](CC[C@@H]4[C@@]5(C)CC=C(c6ccc(C(=O)O)cc6)C(C)(C)[C@@H]5CC[C@]43C)[C@@H]12. The minimum atomic E-state index is -0.852. The van der Waals surface area contributed by atoms with E-state index in [1.807, 2.05) is 12.1 Å². The molecule has 3 nitrogen and oxygen atoms in total. The Morgan fingerprint density at radius 2 is 1.68 bits per heavy atom. The lowest BCUT2D eigenvalue weighted by molar-refractivity contribution is -0.225. The minimum Gasteiger partial charge on any atom is -0.478 e. The third-order valence-electron chi connectivity index (χ3n) is 15.2. The topological polar surface area (TPSA) is 49.3 Å². The average Bonchev–Trinajstić information content (AvgIpc) is 3.36. The lowest BCUT2D eigenvalue weighted by Gasteiger charge is -2.72. The van der Waals surface area contributed by atoms with Crippen LogP contribution in [0.5, 0.6) is 0 Å². The summed E-state index contributed by atoms with van der Waals surface area (Å²) >= 11 is 3.63. The predicted octanol–water partition coefficient (Wildman–Crippen LogP) is 10.4. The van der Waals surface area contributed by atoms with Crippen molar-refractivity contribution >= 4 is 27.5 Å². The highest BCUT2D eigenvalue weighted by Gasteiger charge is 2.70. The maximum atomic E-state index is 11.5. The second kappa shape index (κ2) is 11.4. The van der Waals surface area contributed by atoms with Gasteiger partial charge in [0.2, 0.25) is 0 Å². The molecule has 44 heavy (non-hydrogen) atoms. The van der Waals surface area contributed by atoms with Crippen LogP contribution in [-0.4, -0.2) is 29.5 Å². The summed E-state index contributed by atoms with van der Waals surface area (Å²) < 4.78 is 0. The molecule has 1 aromatic carbocycles. The van der Waals surface area contributed by atoms with Gasteiger partial charge >= 0.3 is 5.97 Å². The van der Waals surface area contributed by atoms with Gasteiger partial charge in [-0.05, 0) is 158 Å². The van der Waals surface area contributed by atoms with Gasteiger partial charge in [0.05, 0.1) is 5.56 Å². The first-order chi connectivity index (χ1) is 20.7. The number of hydrogen-bond donors (Lipinski definition) is 2. The standard InChI is InChI=1S/C40H58BrNO2/c1-26(2)29-15-20-40(25-42-24-8-23-41)22-21-38(6)31(34(29)40)13-14-33-37(5)18-16-30(27-9-11-28(12-10-27)35(43)44)36(3,4)32(37)17-19-39(33,38)7/h9-12,16,29,31-34,42H,1,8,13-15,17-25H2,2-7H3,(H,43,44)/t29-,31+,32-,33+,34+,37-,38+,39+,40+/m0/s1. The Morgan fingerprint density at radius 3 is 2.34 bits per heavy atom. The van der Waals surface area contributed by atoms with Crippen LogP contribution >= 0.6 is 15.9 Å². The summed E-state index contributed by atoms with van der Waals surface area (Å²) in [6.07, 6.45) is 15.7. The molecule has 4 heteroatoms. The molecule has 0 radical (unpaired) electrons. The van der Waals surface area contributed by atoms with E-state index in [1.165, 1.54) is 81.0 Å². The summed E-state index contributed by atoms with van der Waals surface area (Å²) in [5, 5.41) is 14.5. The Hall–Kier alpha value is -1.39. The Kier molecular flexibility index (Phi) is 8.43. The van der Waals surface area contributed by atoms with Gasteiger partial charge in [-0.3, -0.25) is 0 Å². The number of allylic oxidation sites excluding steroid dienone is 3. The highest BCUT2D eigenvalue weighted by Crippen LogP contribution is 2.77. The Bertz CT molecular complexity index is 1310. The molecular formula is C40H58BrNO2. The van der Waals surface area contributed by atoms with Gasteiger partial charge in [-0.15, -0.1) is 0 Å².